The van der Waals surface area contributed by atoms with Crippen LogP contribution in [0.1, 0.15) is 15.4 Å². The fourth-order valence-electron chi connectivity index (χ4n) is 1.88. The second-order valence-electron chi connectivity index (χ2n) is 4.55. The Labute approximate surface area is 118 Å². The van der Waals surface area contributed by atoms with Crippen LogP contribution in [0.2, 0.25) is 0 Å². The molecule has 0 saturated carbocycles. The largest absolute Gasteiger partial charge is 0.383 e. The van der Waals surface area contributed by atoms with Crippen LogP contribution in [0.25, 0.3) is 11.3 Å². The number of hydrogen-bond acceptors (Lipinski definition) is 4. The van der Waals surface area contributed by atoms with Crippen molar-refractivity contribution in [3.63, 3.8) is 0 Å². The van der Waals surface area contributed by atoms with E-state index >= 15 is 0 Å². The molecule has 0 bridgehead atoms. The zero-order valence-corrected chi connectivity index (χ0v) is 12.5. The van der Waals surface area contributed by atoms with Crippen LogP contribution in [0.4, 0.5) is 0 Å². The Bertz CT molecular complexity index is 519. The first-order valence-electron chi connectivity index (χ1n) is 6.43. The quantitative estimate of drug-likeness (QED) is 0.823. The maximum atomic E-state index is 5.01. The van der Waals surface area contributed by atoms with Gasteiger partial charge >= 0.3 is 0 Å². The maximum Gasteiger partial charge on any atom is 0.107 e. The van der Waals surface area contributed by atoms with E-state index in [0.717, 1.165) is 30.4 Å². The first kappa shape index (κ1) is 14.2. The second-order valence-corrected chi connectivity index (χ2v) is 5.84. The summed E-state index contributed by atoms with van der Waals surface area (Å²) in [5.41, 5.74) is 3.58. The van der Waals surface area contributed by atoms with Gasteiger partial charge in [-0.2, -0.15) is 0 Å². The predicted molar refractivity (Wildman–Crippen MR) is 80.6 cm³/mol. The predicted octanol–water partition coefficient (Wildman–Crippen LogP) is 3.16. The zero-order chi connectivity index (χ0) is 13.7. The average molecular weight is 276 g/mol. The molecule has 1 heterocycles. The molecule has 0 radical (unpaired) electrons. The van der Waals surface area contributed by atoms with Crippen molar-refractivity contribution < 1.29 is 4.74 Å². The van der Waals surface area contributed by atoms with Gasteiger partial charge in [0.05, 0.1) is 12.3 Å². The molecule has 3 nitrogen and oxygen atoms in total. The van der Waals surface area contributed by atoms with Gasteiger partial charge in [-0.05, 0) is 13.8 Å². The van der Waals surface area contributed by atoms with E-state index in [9.17, 15) is 0 Å². The van der Waals surface area contributed by atoms with E-state index in [-0.39, 0.29) is 0 Å². The van der Waals surface area contributed by atoms with Crippen molar-refractivity contribution in [1.29, 1.82) is 0 Å². The Morgan fingerprint density at radius 2 is 1.95 bits per heavy atom. The third kappa shape index (κ3) is 3.86. The molecule has 0 saturated heterocycles. The third-order valence-corrected chi connectivity index (χ3v) is 3.90. The number of thiazole rings is 1. The molecule has 19 heavy (non-hydrogen) atoms. The van der Waals surface area contributed by atoms with Crippen LogP contribution in [-0.4, -0.2) is 25.2 Å². The van der Waals surface area contributed by atoms with Crippen molar-refractivity contribution in [3.8, 4) is 11.3 Å². The van der Waals surface area contributed by atoms with Gasteiger partial charge in [0.25, 0.3) is 0 Å². The summed E-state index contributed by atoms with van der Waals surface area (Å²) in [6.07, 6.45) is 0. The first-order chi connectivity index (χ1) is 9.20. The van der Waals surface area contributed by atoms with E-state index in [2.05, 4.69) is 43.4 Å². The van der Waals surface area contributed by atoms with Gasteiger partial charge in [-0.25, -0.2) is 4.98 Å². The molecule has 0 spiro atoms. The van der Waals surface area contributed by atoms with E-state index in [4.69, 9.17) is 9.72 Å². The molecule has 1 N–H and O–H groups in total. The van der Waals surface area contributed by atoms with Crippen molar-refractivity contribution in [2.24, 2.45) is 0 Å². The summed E-state index contributed by atoms with van der Waals surface area (Å²) in [6, 6.07) is 8.54. The molecule has 102 valence electrons. The van der Waals surface area contributed by atoms with Crippen LogP contribution >= 0.6 is 11.3 Å². The van der Waals surface area contributed by atoms with Crippen LogP contribution in [-0.2, 0) is 11.3 Å². The number of nitrogens with one attached hydrogen (secondary N) is 1. The van der Waals surface area contributed by atoms with Gasteiger partial charge in [0.2, 0.25) is 0 Å². The number of aromatic nitrogens is 1. The minimum absolute atomic E-state index is 0.731. The Hall–Kier alpha value is -1.23. The summed E-state index contributed by atoms with van der Waals surface area (Å²) in [7, 11) is 1.71. The SMILES string of the molecule is COCCNCc1nc(-c2ccc(C)cc2)c(C)s1. The maximum absolute atomic E-state index is 5.01. The highest BCUT2D eigenvalue weighted by atomic mass is 32.1. The number of ether oxygens (including phenoxy) is 1. The summed E-state index contributed by atoms with van der Waals surface area (Å²) < 4.78 is 5.01. The fourth-order valence-corrected chi connectivity index (χ4v) is 2.80. The van der Waals surface area contributed by atoms with Crippen molar-refractivity contribution in [2.75, 3.05) is 20.3 Å². The lowest BCUT2D eigenvalue weighted by atomic mass is 10.1. The smallest absolute Gasteiger partial charge is 0.107 e. The minimum Gasteiger partial charge on any atom is -0.383 e. The van der Waals surface area contributed by atoms with Gasteiger partial charge in [-0.15, -0.1) is 11.3 Å². The molecular formula is C15H20N2OS. The molecule has 1 aromatic carbocycles. The Morgan fingerprint density at radius 3 is 2.63 bits per heavy atom. The number of benzene rings is 1. The summed E-state index contributed by atoms with van der Waals surface area (Å²) >= 11 is 1.76. The molecule has 0 aliphatic rings. The number of rotatable bonds is 6. The highest BCUT2D eigenvalue weighted by Crippen LogP contribution is 2.27. The zero-order valence-electron chi connectivity index (χ0n) is 11.7. The molecular weight excluding hydrogens is 256 g/mol. The van der Waals surface area contributed by atoms with Crippen molar-refractivity contribution in [1.82, 2.24) is 10.3 Å². The van der Waals surface area contributed by atoms with Crippen LogP contribution in [0.5, 0.6) is 0 Å². The molecule has 0 fully saturated rings. The summed E-state index contributed by atoms with van der Waals surface area (Å²) in [6.45, 7) is 6.62. The van der Waals surface area contributed by atoms with E-state index in [0.29, 0.717) is 0 Å². The molecule has 0 aliphatic carbocycles. The van der Waals surface area contributed by atoms with Crippen LogP contribution in [0, 0.1) is 13.8 Å². The fraction of sp³-hybridized carbons (Fsp3) is 0.400. The molecule has 0 atom stereocenters. The van der Waals surface area contributed by atoms with Crippen LogP contribution in [0.15, 0.2) is 24.3 Å². The standard InChI is InChI=1S/C15H20N2OS/c1-11-4-6-13(7-5-11)15-12(2)19-14(17-15)10-16-8-9-18-3/h4-7,16H,8-10H2,1-3H3. The van der Waals surface area contributed by atoms with Crippen LogP contribution in [0.3, 0.4) is 0 Å². The molecule has 2 rings (SSSR count). The van der Waals surface area contributed by atoms with E-state index in [1.165, 1.54) is 16.0 Å². The Kier molecular flexibility index (Phi) is 5.07. The van der Waals surface area contributed by atoms with Crippen LogP contribution < -0.4 is 5.32 Å². The molecule has 2 aromatic rings. The monoisotopic (exact) mass is 276 g/mol. The lowest BCUT2D eigenvalue weighted by molar-refractivity contribution is 0.199. The minimum atomic E-state index is 0.731. The van der Waals surface area contributed by atoms with Crippen molar-refractivity contribution in [2.45, 2.75) is 20.4 Å². The molecule has 0 aliphatic heterocycles. The normalized spacial score (nSPS) is 10.9. The van der Waals surface area contributed by atoms with Crippen molar-refractivity contribution in [3.05, 3.63) is 39.7 Å². The number of hydrogen-bond donors (Lipinski definition) is 1. The van der Waals surface area contributed by atoms with Gasteiger partial charge in [0.15, 0.2) is 0 Å². The third-order valence-electron chi connectivity index (χ3n) is 2.93. The summed E-state index contributed by atoms with van der Waals surface area (Å²) in [4.78, 5) is 5.99. The summed E-state index contributed by atoms with van der Waals surface area (Å²) in [5, 5.41) is 4.46. The molecule has 1 aromatic heterocycles. The van der Waals surface area contributed by atoms with Gasteiger partial charge in [-0.3, -0.25) is 0 Å². The highest BCUT2D eigenvalue weighted by molar-refractivity contribution is 7.12. The molecule has 4 heteroatoms. The van der Waals surface area contributed by atoms with E-state index < -0.39 is 0 Å². The molecule has 0 amide bonds. The Balaban J connectivity index is 2.06. The highest BCUT2D eigenvalue weighted by Gasteiger charge is 2.09. The first-order valence-corrected chi connectivity index (χ1v) is 7.25. The van der Waals surface area contributed by atoms with E-state index in [1.54, 1.807) is 18.4 Å². The lowest BCUT2D eigenvalue weighted by Crippen LogP contribution is -2.18. The Morgan fingerprint density at radius 1 is 1.21 bits per heavy atom. The van der Waals surface area contributed by atoms with Gasteiger partial charge in [0, 0.05) is 30.6 Å². The van der Waals surface area contributed by atoms with Gasteiger partial charge in [-0.1, -0.05) is 29.8 Å². The number of methoxy groups -OCH3 is 1. The lowest BCUT2D eigenvalue weighted by Gasteiger charge is -2.00. The molecule has 0 unspecified atom stereocenters. The second kappa shape index (κ2) is 6.80. The number of aryl methyl sites for hydroxylation is 2. The summed E-state index contributed by atoms with van der Waals surface area (Å²) in [5.74, 6) is 0. The van der Waals surface area contributed by atoms with Gasteiger partial charge in [0.1, 0.15) is 5.01 Å². The van der Waals surface area contributed by atoms with Gasteiger partial charge < -0.3 is 10.1 Å². The average Bonchev–Trinajstić information content (AvgIpc) is 2.77. The number of nitrogens with zero attached hydrogens (tertiary/aromatic N) is 1. The van der Waals surface area contributed by atoms with Crippen molar-refractivity contribution >= 4 is 11.3 Å². The topological polar surface area (TPSA) is 34.1 Å². The van der Waals surface area contributed by atoms with E-state index in [1.807, 2.05) is 0 Å².